The second-order valence-corrected chi connectivity index (χ2v) is 10.6. The Kier molecular flexibility index (Phi) is 8.31. The molecule has 0 saturated heterocycles. The minimum atomic E-state index is -0.976. The van der Waals surface area contributed by atoms with Crippen molar-refractivity contribution in [1.82, 2.24) is 19.9 Å². The van der Waals surface area contributed by atoms with Crippen LogP contribution < -0.4 is 15.9 Å². The molecule has 2 aromatic carbocycles. The number of aromatic carboxylic acids is 1. The molecule has 47 heavy (non-hydrogen) atoms. The molecule has 6 heterocycles. The number of esters is 1. The standard InChI is InChI=1S/C16H9ClN2O4.C9H6ClNO2.C7H5NO3/c17-9-2-1-3-10-8(9)6-14(15(20)19-10)23-16(21)12-7-13-11(18-12)4-5-22-13;10-6-2-1-3-7-5(6)4-8(12)9(13)11-7;9-7(10)5-3-6-4(8-5)1-2-11-6/h1-7,18H,(H,19,20);1-4,12H,(H,11,13);1-3,8H,(H,9,10). The largest absolute Gasteiger partial charge is 0.503 e. The second-order valence-electron chi connectivity index (χ2n) is 9.81. The summed E-state index contributed by atoms with van der Waals surface area (Å²) in [7, 11) is 0. The van der Waals surface area contributed by atoms with Crippen LogP contribution >= 0.6 is 23.2 Å². The normalized spacial score (nSPS) is 10.9. The highest BCUT2D eigenvalue weighted by atomic mass is 35.5. The van der Waals surface area contributed by atoms with E-state index in [9.17, 15) is 19.2 Å². The molecule has 6 aromatic heterocycles. The molecule has 0 aliphatic heterocycles. The number of rotatable bonds is 3. The molecule has 8 aromatic rings. The molecule has 0 aliphatic rings. The number of halogens is 2. The number of nitrogens with one attached hydrogen (secondary N) is 4. The zero-order chi connectivity index (χ0) is 33.2. The quantitative estimate of drug-likeness (QED) is 0.108. The zero-order valence-corrected chi connectivity index (χ0v) is 25.1. The zero-order valence-electron chi connectivity index (χ0n) is 23.6. The Balaban J connectivity index is 0.000000136. The maximum absolute atomic E-state index is 12.2. The average Bonchev–Trinajstić information content (AvgIpc) is 3.82. The summed E-state index contributed by atoms with van der Waals surface area (Å²) in [6, 6.07) is 19.4. The summed E-state index contributed by atoms with van der Waals surface area (Å²) in [4.78, 5) is 56.3. The third kappa shape index (κ3) is 6.47. The van der Waals surface area contributed by atoms with Gasteiger partial charge in [-0.2, -0.15) is 0 Å². The van der Waals surface area contributed by atoms with Crippen LogP contribution in [-0.4, -0.2) is 42.1 Å². The number of carbonyl (C=O) groups is 2. The van der Waals surface area contributed by atoms with E-state index in [0.717, 1.165) is 0 Å². The van der Waals surface area contributed by atoms with Crippen LogP contribution in [0.1, 0.15) is 21.0 Å². The van der Waals surface area contributed by atoms with Crippen LogP contribution in [0.5, 0.6) is 11.5 Å². The summed E-state index contributed by atoms with van der Waals surface area (Å²) < 4.78 is 15.3. The molecule has 0 saturated carbocycles. The lowest BCUT2D eigenvalue weighted by Crippen LogP contribution is -2.16. The number of hydrogen-bond donors (Lipinski definition) is 6. The second kappa shape index (κ2) is 12.7. The number of aromatic amines is 4. The van der Waals surface area contributed by atoms with Gasteiger partial charge in [0.25, 0.3) is 11.1 Å². The van der Waals surface area contributed by atoms with E-state index in [-0.39, 0.29) is 22.9 Å². The summed E-state index contributed by atoms with van der Waals surface area (Å²) in [5, 5.41) is 19.9. The van der Waals surface area contributed by atoms with Crippen LogP contribution in [0.2, 0.25) is 10.0 Å². The van der Waals surface area contributed by atoms with Gasteiger partial charge < -0.3 is 43.7 Å². The third-order valence-electron chi connectivity index (χ3n) is 6.75. The van der Waals surface area contributed by atoms with Crippen molar-refractivity contribution in [3.05, 3.63) is 127 Å². The minimum Gasteiger partial charge on any atom is -0.503 e. The number of benzene rings is 2. The van der Waals surface area contributed by atoms with Crippen molar-refractivity contribution in [2.75, 3.05) is 0 Å². The van der Waals surface area contributed by atoms with Crippen LogP contribution in [0.3, 0.4) is 0 Å². The van der Waals surface area contributed by atoms with Gasteiger partial charge in [0, 0.05) is 35.0 Å². The van der Waals surface area contributed by atoms with Crippen molar-refractivity contribution >= 4 is 79.1 Å². The van der Waals surface area contributed by atoms with Gasteiger partial charge in [-0.1, -0.05) is 35.3 Å². The number of carbonyl (C=O) groups excluding carboxylic acids is 1. The number of pyridine rings is 2. The van der Waals surface area contributed by atoms with Crippen molar-refractivity contribution in [2.24, 2.45) is 0 Å². The van der Waals surface area contributed by atoms with E-state index in [2.05, 4.69) is 19.9 Å². The van der Waals surface area contributed by atoms with Gasteiger partial charge in [0.2, 0.25) is 0 Å². The molecular formula is C32H20Cl2N4O9. The first kappa shape index (κ1) is 30.8. The van der Waals surface area contributed by atoms with Crippen LogP contribution in [0.25, 0.3) is 44.0 Å². The molecule has 0 atom stereocenters. The van der Waals surface area contributed by atoms with Crippen LogP contribution in [0.15, 0.2) is 104 Å². The lowest BCUT2D eigenvalue weighted by Gasteiger charge is -2.05. The number of hydrogen-bond acceptors (Lipinski definition) is 8. The molecule has 0 aliphatic carbocycles. The summed E-state index contributed by atoms with van der Waals surface area (Å²) >= 11 is 11.9. The maximum atomic E-state index is 12.2. The molecule has 236 valence electrons. The SMILES string of the molecule is O=C(O)c1cc2occc2[nH]1.O=C(Oc1cc2c(Cl)cccc2[nH]c1=O)c1cc2occc2[nH]1.O=c1[nH]c2cccc(Cl)c2cc1O. The first-order chi connectivity index (χ1) is 22.6. The van der Waals surface area contributed by atoms with Crippen molar-refractivity contribution in [3.63, 3.8) is 0 Å². The van der Waals surface area contributed by atoms with Gasteiger partial charge in [-0.05, 0) is 36.4 Å². The topological polar surface area (TPSA) is 207 Å². The molecule has 13 nitrogen and oxygen atoms in total. The highest BCUT2D eigenvalue weighted by Gasteiger charge is 2.16. The van der Waals surface area contributed by atoms with Gasteiger partial charge in [-0.25, -0.2) is 9.59 Å². The van der Waals surface area contributed by atoms with E-state index in [1.807, 2.05) is 0 Å². The number of carboxylic acids is 1. The van der Waals surface area contributed by atoms with Crippen LogP contribution in [0.4, 0.5) is 0 Å². The van der Waals surface area contributed by atoms with E-state index in [0.29, 0.717) is 54.1 Å². The fraction of sp³-hybridized carbons (Fsp3) is 0. The van der Waals surface area contributed by atoms with Crippen molar-refractivity contribution < 1.29 is 33.4 Å². The van der Waals surface area contributed by atoms with E-state index < -0.39 is 23.1 Å². The number of carboxylic acid groups (broad SMARTS) is 1. The van der Waals surface area contributed by atoms with E-state index in [1.165, 1.54) is 36.8 Å². The molecule has 0 fully saturated rings. The Morgan fingerprint density at radius 3 is 1.77 bits per heavy atom. The highest BCUT2D eigenvalue weighted by molar-refractivity contribution is 6.35. The fourth-order valence-electron chi connectivity index (χ4n) is 4.51. The first-order valence-electron chi connectivity index (χ1n) is 13.5. The molecule has 15 heteroatoms. The van der Waals surface area contributed by atoms with Crippen molar-refractivity contribution in [2.45, 2.75) is 0 Å². The lowest BCUT2D eigenvalue weighted by molar-refractivity contribution is 0.0689. The maximum Gasteiger partial charge on any atom is 0.360 e. The van der Waals surface area contributed by atoms with Crippen molar-refractivity contribution in [1.29, 1.82) is 0 Å². The van der Waals surface area contributed by atoms with Gasteiger partial charge in [0.05, 0.1) is 44.6 Å². The number of aromatic hydroxyl groups is 1. The van der Waals surface area contributed by atoms with Gasteiger partial charge in [-0.15, -0.1) is 0 Å². The molecule has 0 unspecified atom stereocenters. The Labute approximate surface area is 270 Å². The average molecular weight is 675 g/mol. The number of H-pyrrole nitrogens is 4. The molecule has 0 radical (unpaired) electrons. The Morgan fingerprint density at radius 2 is 1.19 bits per heavy atom. The Morgan fingerprint density at radius 1 is 0.660 bits per heavy atom. The highest BCUT2D eigenvalue weighted by Crippen LogP contribution is 2.25. The Hall–Kier alpha value is -6.18. The smallest absolute Gasteiger partial charge is 0.360 e. The van der Waals surface area contributed by atoms with Crippen molar-refractivity contribution in [3.8, 4) is 11.5 Å². The third-order valence-corrected chi connectivity index (χ3v) is 7.41. The van der Waals surface area contributed by atoms with Crippen LogP contribution in [-0.2, 0) is 0 Å². The summed E-state index contributed by atoms with van der Waals surface area (Å²) in [5.41, 5.74) is 3.01. The lowest BCUT2D eigenvalue weighted by atomic mass is 10.2. The van der Waals surface area contributed by atoms with E-state index in [4.69, 9.17) is 47.0 Å². The van der Waals surface area contributed by atoms with E-state index in [1.54, 1.807) is 48.5 Å². The molecule has 0 spiro atoms. The molecule has 0 amide bonds. The van der Waals surface area contributed by atoms with Gasteiger partial charge in [-0.3, -0.25) is 9.59 Å². The predicted octanol–water partition coefficient (Wildman–Crippen LogP) is 6.82. The molecule has 0 bridgehead atoms. The summed E-state index contributed by atoms with van der Waals surface area (Å²) in [6.07, 6.45) is 3.01. The van der Waals surface area contributed by atoms with E-state index >= 15 is 0 Å². The minimum absolute atomic E-state index is 0.123. The van der Waals surface area contributed by atoms with Crippen LogP contribution in [0, 0.1) is 0 Å². The monoisotopic (exact) mass is 674 g/mol. The number of furan rings is 2. The first-order valence-corrected chi connectivity index (χ1v) is 14.2. The number of fused-ring (bicyclic) bond motifs is 4. The predicted molar refractivity (Wildman–Crippen MR) is 174 cm³/mol. The number of aromatic nitrogens is 4. The fourth-order valence-corrected chi connectivity index (χ4v) is 4.97. The number of ether oxygens (including phenoxy) is 1. The molecular weight excluding hydrogens is 655 g/mol. The molecule has 8 rings (SSSR count). The molecule has 6 N–H and O–H groups in total. The van der Waals surface area contributed by atoms with Gasteiger partial charge in [0.1, 0.15) is 11.4 Å². The van der Waals surface area contributed by atoms with Gasteiger partial charge in [0.15, 0.2) is 22.7 Å². The Bertz CT molecular complexity index is 2500. The summed E-state index contributed by atoms with van der Waals surface area (Å²) in [5.74, 6) is -2.10. The summed E-state index contributed by atoms with van der Waals surface area (Å²) in [6.45, 7) is 0. The van der Waals surface area contributed by atoms with Gasteiger partial charge >= 0.3 is 11.9 Å².